The third-order valence-electron chi connectivity index (χ3n) is 4.81. The lowest BCUT2D eigenvalue weighted by molar-refractivity contribution is 0.0992. The zero-order chi connectivity index (χ0) is 16.9. The molecule has 3 atom stereocenters. The van der Waals surface area contributed by atoms with Crippen LogP contribution in [0.5, 0.6) is 11.5 Å². The maximum atomic E-state index is 5.88. The molecule has 0 aliphatic carbocycles. The molecule has 6 nitrogen and oxygen atoms in total. The molecule has 0 saturated carbocycles. The molecule has 2 aliphatic heterocycles. The van der Waals surface area contributed by atoms with Crippen LogP contribution in [0, 0.1) is 0 Å². The second-order valence-electron chi connectivity index (χ2n) is 6.30. The number of ether oxygens (including phenoxy) is 3. The van der Waals surface area contributed by atoms with Gasteiger partial charge in [0.2, 0.25) is 0 Å². The molecule has 2 aliphatic rings. The Morgan fingerprint density at radius 1 is 1.24 bits per heavy atom. The minimum absolute atomic E-state index is 0. The number of methoxy groups -OCH3 is 2. The number of benzene rings is 1. The number of halogens is 1. The molecule has 2 N–H and O–H groups in total. The highest BCUT2D eigenvalue weighted by atomic mass is 127. The van der Waals surface area contributed by atoms with Gasteiger partial charge in [0.1, 0.15) is 0 Å². The van der Waals surface area contributed by atoms with E-state index in [4.69, 9.17) is 14.2 Å². The summed E-state index contributed by atoms with van der Waals surface area (Å²) in [7, 11) is 5.11. The number of guanidine groups is 1. The third-order valence-corrected chi connectivity index (χ3v) is 4.81. The summed E-state index contributed by atoms with van der Waals surface area (Å²) in [6.45, 7) is 0.802. The van der Waals surface area contributed by atoms with E-state index in [0.29, 0.717) is 18.2 Å². The average molecular weight is 461 g/mol. The standard InChI is InChI=1S/C18H27N3O3.HI/c1-19-18(21-14-11-13-5-7-15(14)24-13)20-9-8-12-4-6-16(22-2)17(10-12)23-3;/h4,6,10,13-15H,5,7-9,11H2,1-3H3,(H2,19,20,21);1H. The normalized spacial score (nSPS) is 24.6. The van der Waals surface area contributed by atoms with E-state index in [1.165, 1.54) is 12.0 Å². The molecular formula is C18H28IN3O3. The Hall–Kier alpha value is -1.22. The summed E-state index contributed by atoms with van der Waals surface area (Å²) in [6.07, 6.45) is 5.12. The summed E-state index contributed by atoms with van der Waals surface area (Å²) < 4.78 is 16.5. The highest BCUT2D eigenvalue weighted by molar-refractivity contribution is 14.0. The molecule has 2 heterocycles. The van der Waals surface area contributed by atoms with Crippen LogP contribution in [0.15, 0.2) is 23.2 Å². The maximum Gasteiger partial charge on any atom is 0.191 e. The molecule has 1 aromatic rings. The largest absolute Gasteiger partial charge is 0.493 e. The summed E-state index contributed by atoms with van der Waals surface area (Å²) in [5, 5.41) is 6.87. The lowest BCUT2D eigenvalue weighted by atomic mass is 9.96. The van der Waals surface area contributed by atoms with Gasteiger partial charge in [-0.05, 0) is 43.4 Å². The third kappa shape index (κ3) is 4.91. The van der Waals surface area contributed by atoms with Gasteiger partial charge in [-0.2, -0.15) is 0 Å². The fourth-order valence-electron chi connectivity index (χ4n) is 3.52. The second kappa shape index (κ2) is 9.47. The molecule has 2 bridgehead atoms. The highest BCUT2D eigenvalue weighted by Crippen LogP contribution is 2.34. The van der Waals surface area contributed by atoms with E-state index in [0.717, 1.165) is 43.3 Å². The minimum Gasteiger partial charge on any atom is -0.493 e. The molecule has 0 amide bonds. The molecule has 0 radical (unpaired) electrons. The van der Waals surface area contributed by atoms with E-state index in [-0.39, 0.29) is 24.0 Å². The first kappa shape index (κ1) is 20.1. The smallest absolute Gasteiger partial charge is 0.191 e. The first-order valence-corrected chi connectivity index (χ1v) is 8.57. The van der Waals surface area contributed by atoms with Gasteiger partial charge in [0.05, 0.1) is 32.5 Å². The molecule has 140 valence electrons. The number of rotatable bonds is 6. The van der Waals surface area contributed by atoms with Crippen molar-refractivity contribution in [1.82, 2.24) is 10.6 Å². The van der Waals surface area contributed by atoms with Crippen molar-refractivity contribution in [1.29, 1.82) is 0 Å². The van der Waals surface area contributed by atoms with E-state index < -0.39 is 0 Å². The number of hydrogen-bond acceptors (Lipinski definition) is 4. The van der Waals surface area contributed by atoms with E-state index >= 15 is 0 Å². The van der Waals surface area contributed by atoms with Gasteiger partial charge < -0.3 is 24.8 Å². The lowest BCUT2D eigenvalue weighted by Gasteiger charge is -2.22. The Morgan fingerprint density at radius 3 is 2.64 bits per heavy atom. The monoisotopic (exact) mass is 461 g/mol. The van der Waals surface area contributed by atoms with E-state index in [9.17, 15) is 0 Å². The fraction of sp³-hybridized carbons (Fsp3) is 0.611. The van der Waals surface area contributed by atoms with Crippen molar-refractivity contribution in [2.24, 2.45) is 4.99 Å². The van der Waals surface area contributed by atoms with Gasteiger partial charge in [0.15, 0.2) is 17.5 Å². The van der Waals surface area contributed by atoms with Gasteiger partial charge in [0.25, 0.3) is 0 Å². The topological polar surface area (TPSA) is 64.1 Å². The van der Waals surface area contributed by atoms with Crippen LogP contribution in [-0.2, 0) is 11.2 Å². The van der Waals surface area contributed by atoms with Crippen molar-refractivity contribution < 1.29 is 14.2 Å². The van der Waals surface area contributed by atoms with Crippen LogP contribution in [-0.4, -0.2) is 52.0 Å². The van der Waals surface area contributed by atoms with Crippen molar-refractivity contribution in [3.8, 4) is 11.5 Å². The summed E-state index contributed by atoms with van der Waals surface area (Å²) in [4.78, 5) is 4.32. The Balaban J connectivity index is 0.00000225. The van der Waals surface area contributed by atoms with Gasteiger partial charge in [-0.15, -0.1) is 24.0 Å². The predicted molar refractivity (Wildman–Crippen MR) is 109 cm³/mol. The molecule has 3 rings (SSSR count). The summed E-state index contributed by atoms with van der Waals surface area (Å²) >= 11 is 0. The number of nitrogens with zero attached hydrogens (tertiary/aromatic N) is 1. The van der Waals surface area contributed by atoms with Crippen molar-refractivity contribution in [3.63, 3.8) is 0 Å². The Labute approximate surface area is 166 Å². The number of nitrogens with one attached hydrogen (secondary N) is 2. The van der Waals surface area contributed by atoms with Crippen LogP contribution in [0.4, 0.5) is 0 Å². The van der Waals surface area contributed by atoms with Crippen LogP contribution < -0.4 is 20.1 Å². The quantitative estimate of drug-likeness (QED) is 0.387. The SMILES string of the molecule is CN=C(NCCc1ccc(OC)c(OC)c1)NC1CC2CCC1O2.I. The zero-order valence-corrected chi connectivity index (χ0v) is 17.4. The predicted octanol–water partition coefficient (Wildman–Crippen LogP) is 2.35. The Kier molecular flexibility index (Phi) is 7.61. The van der Waals surface area contributed by atoms with E-state index in [2.05, 4.69) is 21.7 Å². The number of fused-ring (bicyclic) bond motifs is 2. The van der Waals surface area contributed by atoms with Gasteiger partial charge in [-0.3, -0.25) is 4.99 Å². The molecule has 0 spiro atoms. The van der Waals surface area contributed by atoms with Gasteiger partial charge in [-0.25, -0.2) is 0 Å². The molecule has 0 aromatic heterocycles. The summed E-state index contributed by atoms with van der Waals surface area (Å²) in [5.74, 6) is 2.36. The summed E-state index contributed by atoms with van der Waals surface area (Å²) in [5.41, 5.74) is 1.19. The van der Waals surface area contributed by atoms with Crippen LogP contribution in [0.1, 0.15) is 24.8 Å². The number of hydrogen-bond donors (Lipinski definition) is 2. The van der Waals surface area contributed by atoms with Gasteiger partial charge >= 0.3 is 0 Å². The Morgan fingerprint density at radius 2 is 2.04 bits per heavy atom. The minimum atomic E-state index is 0. The molecule has 1 aromatic carbocycles. The van der Waals surface area contributed by atoms with E-state index in [1.807, 2.05) is 12.1 Å². The first-order chi connectivity index (χ1) is 11.7. The molecule has 2 saturated heterocycles. The van der Waals surface area contributed by atoms with Gasteiger partial charge in [-0.1, -0.05) is 6.07 Å². The maximum absolute atomic E-state index is 5.88. The van der Waals surface area contributed by atoms with E-state index in [1.54, 1.807) is 21.3 Å². The molecule has 7 heteroatoms. The molecule has 2 fully saturated rings. The number of aliphatic imine (C=N–C) groups is 1. The van der Waals surface area contributed by atoms with Crippen molar-refractivity contribution >= 4 is 29.9 Å². The van der Waals surface area contributed by atoms with Crippen LogP contribution >= 0.6 is 24.0 Å². The Bertz CT molecular complexity index is 597. The second-order valence-corrected chi connectivity index (χ2v) is 6.30. The zero-order valence-electron chi connectivity index (χ0n) is 15.1. The van der Waals surface area contributed by atoms with Crippen molar-refractivity contribution in [2.45, 2.75) is 43.9 Å². The summed E-state index contributed by atoms with van der Waals surface area (Å²) in [6, 6.07) is 6.40. The highest BCUT2D eigenvalue weighted by Gasteiger charge is 2.41. The van der Waals surface area contributed by atoms with Crippen LogP contribution in [0.25, 0.3) is 0 Å². The molecule has 25 heavy (non-hydrogen) atoms. The van der Waals surface area contributed by atoms with Gasteiger partial charge in [0, 0.05) is 13.6 Å². The van der Waals surface area contributed by atoms with Crippen LogP contribution in [0.2, 0.25) is 0 Å². The van der Waals surface area contributed by atoms with Crippen molar-refractivity contribution in [3.05, 3.63) is 23.8 Å². The molecule has 3 unspecified atom stereocenters. The lowest BCUT2D eigenvalue weighted by Crippen LogP contribution is -2.47. The van der Waals surface area contributed by atoms with Crippen molar-refractivity contribution in [2.75, 3.05) is 27.8 Å². The molecular weight excluding hydrogens is 433 g/mol. The first-order valence-electron chi connectivity index (χ1n) is 8.57. The fourth-order valence-corrected chi connectivity index (χ4v) is 3.52. The van der Waals surface area contributed by atoms with Crippen LogP contribution in [0.3, 0.4) is 0 Å². The average Bonchev–Trinajstić information content (AvgIpc) is 3.23.